The minimum absolute atomic E-state index is 0.331. The van der Waals surface area contributed by atoms with Crippen LogP contribution >= 0.6 is 11.3 Å². The van der Waals surface area contributed by atoms with E-state index in [4.69, 9.17) is 16.0 Å². The maximum atomic E-state index is 14.0. The molecule has 4 N–H and O–H groups in total. The van der Waals surface area contributed by atoms with Gasteiger partial charge in [0, 0.05) is 16.7 Å². The molecule has 0 aliphatic heterocycles. The Balaban J connectivity index is 1.56. The van der Waals surface area contributed by atoms with Crippen molar-refractivity contribution in [3.63, 3.8) is 0 Å². The minimum atomic E-state index is -0.581. The van der Waals surface area contributed by atoms with Gasteiger partial charge in [-0.1, -0.05) is 41.7 Å². The number of nitrogens with one attached hydrogen (secondary N) is 1. The predicted octanol–water partition coefficient (Wildman–Crippen LogP) is 4.72. The standard InChI is InChI=1S/C24H18FN5O2S/c25-18-3-1-2-17(10-18)21-12-20(16-8-9-19-22(11-16)33-24(26)27-19)28-30(21)13-14-4-6-15(7-5-14)23(31)29-32/h1-12,32H,13H2,(H2,26,27)(H,29,31). The first-order valence-electron chi connectivity index (χ1n) is 10.0. The van der Waals surface area contributed by atoms with Gasteiger partial charge in [-0.3, -0.25) is 14.7 Å². The summed E-state index contributed by atoms with van der Waals surface area (Å²) >= 11 is 1.41. The monoisotopic (exact) mass is 459 g/mol. The second-order valence-electron chi connectivity index (χ2n) is 7.46. The fraction of sp³-hybridized carbons (Fsp3) is 0.0417. The molecular formula is C24H18FN5O2S. The van der Waals surface area contributed by atoms with E-state index in [0.29, 0.717) is 22.8 Å². The van der Waals surface area contributed by atoms with Crippen LogP contribution in [0.3, 0.4) is 0 Å². The van der Waals surface area contributed by atoms with Crippen LogP contribution in [0.1, 0.15) is 15.9 Å². The summed E-state index contributed by atoms with van der Waals surface area (Å²) in [7, 11) is 0. The van der Waals surface area contributed by atoms with Crippen LogP contribution in [0.25, 0.3) is 32.7 Å². The summed E-state index contributed by atoms with van der Waals surface area (Å²) in [4.78, 5) is 15.9. The molecule has 7 nitrogen and oxygen atoms in total. The van der Waals surface area contributed by atoms with E-state index in [2.05, 4.69) is 4.98 Å². The molecule has 33 heavy (non-hydrogen) atoms. The molecule has 0 aliphatic carbocycles. The van der Waals surface area contributed by atoms with Gasteiger partial charge in [0.1, 0.15) is 5.82 Å². The van der Waals surface area contributed by atoms with Gasteiger partial charge in [-0.25, -0.2) is 14.9 Å². The van der Waals surface area contributed by atoms with Crippen LogP contribution in [0.4, 0.5) is 9.52 Å². The van der Waals surface area contributed by atoms with Crippen molar-refractivity contribution in [2.45, 2.75) is 6.54 Å². The van der Waals surface area contributed by atoms with Gasteiger partial charge < -0.3 is 5.73 Å². The lowest BCUT2D eigenvalue weighted by Gasteiger charge is -2.09. The van der Waals surface area contributed by atoms with Gasteiger partial charge in [0.05, 0.1) is 28.1 Å². The smallest absolute Gasteiger partial charge is 0.274 e. The van der Waals surface area contributed by atoms with E-state index in [9.17, 15) is 9.18 Å². The van der Waals surface area contributed by atoms with Gasteiger partial charge in [-0.05, 0) is 48.0 Å². The summed E-state index contributed by atoms with van der Waals surface area (Å²) < 4.78 is 16.7. The largest absolute Gasteiger partial charge is 0.375 e. The first-order chi connectivity index (χ1) is 16.0. The first-order valence-corrected chi connectivity index (χ1v) is 10.9. The zero-order valence-electron chi connectivity index (χ0n) is 17.2. The Morgan fingerprint density at radius 3 is 2.64 bits per heavy atom. The molecule has 0 radical (unpaired) electrons. The second kappa shape index (κ2) is 8.45. The number of thiazole rings is 1. The quantitative estimate of drug-likeness (QED) is 0.261. The van der Waals surface area contributed by atoms with Crippen LogP contribution < -0.4 is 11.2 Å². The number of hydrogen-bond donors (Lipinski definition) is 3. The maximum absolute atomic E-state index is 14.0. The van der Waals surface area contributed by atoms with E-state index in [1.807, 2.05) is 30.3 Å². The Morgan fingerprint density at radius 2 is 1.88 bits per heavy atom. The lowest BCUT2D eigenvalue weighted by molar-refractivity contribution is 0.0706. The molecule has 3 aromatic carbocycles. The molecule has 9 heteroatoms. The fourth-order valence-corrected chi connectivity index (χ4v) is 4.43. The summed E-state index contributed by atoms with van der Waals surface area (Å²) in [6.07, 6.45) is 0. The van der Waals surface area contributed by atoms with Crippen LogP contribution in [0.5, 0.6) is 0 Å². The Kier molecular flexibility index (Phi) is 5.33. The molecule has 0 atom stereocenters. The van der Waals surface area contributed by atoms with Gasteiger partial charge in [-0.15, -0.1) is 0 Å². The number of aromatic nitrogens is 3. The van der Waals surface area contributed by atoms with Crippen molar-refractivity contribution in [1.29, 1.82) is 0 Å². The summed E-state index contributed by atoms with van der Waals surface area (Å²) in [6.45, 7) is 0.405. The number of carbonyl (C=O) groups excluding carboxylic acids is 1. The molecule has 0 bridgehead atoms. The van der Waals surface area contributed by atoms with E-state index in [1.165, 1.54) is 23.5 Å². The molecule has 0 unspecified atom stereocenters. The second-order valence-corrected chi connectivity index (χ2v) is 8.52. The molecule has 2 aromatic heterocycles. The highest BCUT2D eigenvalue weighted by Gasteiger charge is 2.14. The van der Waals surface area contributed by atoms with E-state index < -0.39 is 5.91 Å². The summed E-state index contributed by atoms with van der Waals surface area (Å²) in [6, 6.07) is 20.9. The molecule has 0 aliphatic rings. The number of amides is 1. The lowest BCUT2D eigenvalue weighted by atomic mass is 10.1. The van der Waals surface area contributed by atoms with E-state index in [0.717, 1.165) is 32.7 Å². The Labute approximate surface area is 191 Å². The maximum Gasteiger partial charge on any atom is 0.274 e. The van der Waals surface area contributed by atoms with Crippen molar-refractivity contribution in [3.05, 3.63) is 89.7 Å². The third-order valence-electron chi connectivity index (χ3n) is 5.25. The Hall–Kier alpha value is -4.08. The molecule has 5 rings (SSSR count). The highest BCUT2D eigenvalue weighted by Crippen LogP contribution is 2.31. The summed E-state index contributed by atoms with van der Waals surface area (Å²) in [5, 5.41) is 14.1. The van der Waals surface area contributed by atoms with Gasteiger partial charge in [0.2, 0.25) is 0 Å². The van der Waals surface area contributed by atoms with Crippen molar-refractivity contribution in [2.24, 2.45) is 0 Å². The van der Waals surface area contributed by atoms with E-state index in [-0.39, 0.29) is 5.82 Å². The summed E-state index contributed by atoms with van der Waals surface area (Å²) in [5.41, 5.74) is 12.6. The predicted molar refractivity (Wildman–Crippen MR) is 125 cm³/mol. The van der Waals surface area contributed by atoms with Gasteiger partial charge >= 0.3 is 0 Å². The van der Waals surface area contributed by atoms with Crippen molar-refractivity contribution >= 4 is 32.6 Å². The fourth-order valence-electron chi connectivity index (χ4n) is 3.66. The van der Waals surface area contributed by atoms with Crippen LogP contribution in [0, 0.1) is 5.82 Å². The average Bonchev–Trinajstić information content (AvgIpc) is 3.41. The molecule has 1 amide bonds. The number of rotatable bonds is 5. The van der Waals surface area contributed by atoms with Crippen LogP contribution in [-0.2, 0) is 6.54 Å². The van der Waals surface area contributed by atoms with Gasteiger partial charge in [0.15, 0.2) is 5.13 Å². The van der Waals surface area contributed by atoms with E-state index in [1.54, 1.807) is 40.5 Å². The van der Waals surface area contributed by atoms with Crippen LogP contribution in [0.2, 0.25) is 0 Å². The summed E-state index contributed by atoms with van der Waals surface area (Å²) in [5.74, 6) is -0.912. The number of halogens is 1. The molecule has 0 saturated carbocycles. The molecule has 2 heterocycles. The number of nitrogens with zero attached hydrogens (tertiary/aromatic N) is 3. The number of nitrogen functional groups attached to an aromatic ring is 1. The highest BCUT2D eigenvalue weighted by molar-refractivity contribution is 7.22. The van der Waals surface area contributed by atoms with E-state index >= 15 is 0 Å². The lowest BCUT2D eigenvalue weighted by Crippen LogP contribution is -2.18. The first kappa shape index (κ1) is 20.8. The highest BCUT2D eigenvalue weighted by atomic mass is 32.1. The molecule has 0 fully saturated rings. The Bertz CT molecular complexity index is 1480. The molecular weight excluding hydrogens is 441 g/mol. The van der Waals surface area contributed by atoms with Crippen molar-refractivity contribution in [1.82, 2.24) is 20.2 Å². The SMILES string of the molecule is Nc1nc2ccc(-c3cc(-c4cccc(F)c4)n(Cc4ccc(C(=O)NO)cc4)n3)cc2s1. The number of carbonyl (C=O) groups is 1. The van der Waals surface area contributed by atoms with Crippen molar-refractivity contribution in [3.8, 4) is 22.5 Å². The zero-order valence-corrected chi connectivity index (χ0v) is 18.0. The molecule has 0 saturated heterocycles. The number of benzene rings is 3. The number of fused-ring (bicyclic) bond motifs is 1. The number of anilines is 1. The van der Waals surface area contributed by atoms with Crippen molar-refractivity contribution < 1.29 is 14.4 Å². The van der Waals surface area contributed by atoms with Crippen LogP contribution in [-0.4, -0.2) is 25.9 Å². The number of hydroxylamine groups is 1. The number of nitrogens with two attached hydrogens (primary N) is 1. The average molecular weight is 460 g/mol. The Morgan fingerprint density at radius 1 is 1.06 bits per heavy atom. The van der Waals surface area contributed by atoms with Gasteiger partial charge in [-0.2, -0.15) is 5.10 Å². The topological polar surface area (TPSA) is 106 Å². The minimum Gasteiger partial charge on any atom is -0.375 e. The normalized spacial score (nSPS) is 11.1. The zero-order chi connectivity index (χ0) is 22.9. The van der Waals surface area contributed by atoms with Gasteiger partial charge in [0.25, 0.3) is 5.91 Å². The number of hydrogen-bond acceptors (Lipinski definition) is 6. The third kappa shape index (κ3) is 4.19. The third-order valence-corrected chi connectivity index (χ3v) is 6.10. The van der Waals surface area contributed by atoms with Crippen LogP contribution in [0.15, 0.2) is 72.8 Å². The molecule has 5 aromatic rings. The molecule has 0 spiro atoms. The molecule has 164 valence electrons. The van der Waals surface area contributed by atoms with Crippen molar-refractivity contribution in [2.75, 3.05) is 5.73 Å².